The number of rotatable bonds is 3. The zero-order valence-electron chi connectivity index (χ0n) is 14.3. The molecule has 0 fully saturated rings. The number of H-pyrrole nitrogens is 1. The Morgan fingerprint density at radius 1 is 1.25 bits per heavy atom. The van der Waals surface area contributed by atoms with Crippen LogP contribution in [0.3, 0.4) is 0 Å². The number of anilines is 1. The van der Waals surface area contributed by atoms with E-state index in [9.17, 15) is 4.79 Å². The summed E-state index contributed by atoms with van der Waals surface area (Å²) in [7, 11) is 0. The van der Waals surface area contributed by atoms with Gasteiger partial charge in [-0.05, 0) is 25.5 Å². The number of hydrogen-bond donors (Lipinski definition) is 2. The maximum Gasteiger partial charge on any atom is 0.227 e. The van der Waals surface area contributed by atoms with E-state index in [0.29, 0.717) is 29.0 Å². The second-order valence-electron chi connectivity index (χ2n) is 4.83. The van der Waals surface area contributed by atoms with E-state index in [-0.39, 0.29) is 5.91 Å². The number of nitrogens with zero attached hydrogens (tertiary/aromatic N) is 4. The molecule has 2 N–H and O–H groups in total. The van der Waals surface area contributed by atoms with E-state index in [1.165, 1.54) is 13.3 Å². The average Bonchev–Trinajstić information content (AvgIpc) is 3.20. The van der Waals surface area contributed by atoms with Gasteiger partial charge in [-0.1, -0.05) is 13.8 Å². The minimum atomic E-state index is -0.187. The summed E-state index contributed by atoms with van der Waals surface area (Å²) >= 11 is 0. The van der Waals surface area contributed by atoms with Crippen molar-refractivity contribution < 1.29 is 9.21 Å². The predicted octanol–water partition coefficient (Wildman–Crippen LogP) is 3.12. The zero-order chi connectivity index (χ0) is 17.7. The highest BCUT2D eigenvalue weighted by Crippen LogP contribution is 2.29. The minimum Gasteiger partial charge on any atom is -0.432 e. The number of aromatic amines is 1. The van der Waals surface area contributed by atoms with Crippen LogP contribution in [-0.2, 0) is 4.79 Å². The van der Waals surface area contributed by atoms with Crippen molar-refractivity contribution in [2.75, 3.05) is 5.32 Å². The Kier molecular flexibility index (Phi) is 5.41. The molecule has 24 heavy (non-hydrogen) atoms. The van der Waals surface area contributed by atoms with Gasteiger partial charge >= 0.3 is 0 Å². The van der Waals surface area contributed by atoms with E-state index in [0.717, 1.165) is 11.1 Å². The maximum absolute atomic E-state index is 11.2. The second kappa shape index (κ2) is 7.49. The molecule has 8 heteroatoms. The van der Waals surface area contributed by atoms with Crippen LogP contribution in [0.2, 0.25) is 0 Å². The molecule has 1 amide bonds. The van der Waals surface area contributed by atoms with Gasteiger partial charge in [-0.2, -0.15) is 5.10 Å². The van der Waals surface area contributed by atoms with E-state index in [1.807, 2.05) is 27.7 Å². The molecule has 0 aromatic carbocycles. The van der Waals surface area contributed by atoms with E-state index in [1.54, 1.807) is 12.3 Å². The Morgan fingerprint density at radius 3 is 2.62 bits per heavy atom. The molecule has 0 saturated heterocycles. The van der Waals surface area contributed by atoms with Crippen molar-refractivity contribution in [3.63, 3.8) is 0 Å². The number of carbonyl (C=O) groups is 1. The van der Waals surface area contributed by atoms with Gasteiger partial charge in [0.2, 0.25) is 11.8 Å². The molecule has 0 aliphatic carbocycles. The summed E-state index contributed by atoms with van der Waals surface area (Å²) in [5.41, 5.74) is 2.34. The summed E-state index contributed by atoms with van der Waals surface area (Å²) in [6.07, 6.45) is 3.07. The lowest BCUT2D eigenvalue weighted by atomic mass is 10.1. The summed E-state index contributed by atoms with van der Waals surface area (Å²) in [4.78, 5) is 23.8. The smallest absolute Gasteiger partial charge is 0.227 e. The third-order valence-corrected chi connectivity index (χ3v) is 3.06. The van der Waals surface area contributed by atoms with Crippen LogP contribution in [-0.4, -0.2) is 31.1 Å². The number of oxazole rings is 1. The molecular weight excluding hydrogens is 308 g/mol. The first-order chi connectivity index (χ1) is 11.5. The fraction of sp³-hybridized carbons (Fsp3) is 0.312. The van der Waals surface area contributed by atoms with Crippen LogP contribution in [0.15, 0.2) is 23.0 Å². The third kappa shape index (κ3) is 3.65. The van der Waals surface area contributed by atoms with Crippen molar-refractivity contribution in [2.24, 2.45) is 0 Å². The molecule has 0 unspecified atom stereocenters. The molecule has 0 spiro atoms. The molecular formula is C16H20N6O2. The molecule has 0 saturated carbocycles. The largest absolute Gasteiger partial charge is 0.432 e. The molecule has 0 atom stereocenters. The van der Waals surface area contributed by atoms with Crippen LogP contribution < -0.4 is 5.32 Å². The molecule has 0 radical (unpaired) electrons. The molecule has 3 rings (SSSR count). The predicted molar refractivity (Wildman–Crippen MR) is 90.2 cm³/mol. The number of amides is 1. The molecule has 3 heterocycles. The van der Waals surface area contributed by atoms with Crippen LogP contribution in [0.25, 0.3) is 23.0 Å². The summed E-state index contributed by atoms with van der Waals surface area (Å²) in [6.45, 7) is 9.15. The first kappa shape index (κ1) is 17.3. The quantitative estimate of drug-likeness (QED) is 0.764. The summed E-state index contributed by atoms with van der Waals surface area (Å²) in [5.74, 6) is 1.75. The Balaban J connectivity index is 0.00000100. The molecule has 0 aliphatic heterocycles. The monoisotopic (exact) mass is 328 g/mol. The second-order valence-corrected chi connectivity index (χ2v) is 4.83. The van der Waals surface area contributed by atoms with Gasteiger partial charge in [0, 0.05) is 18.7 Å². The summed E-state index contributed by atoms with van der Waals surface area (Å²) < 4.78 is 5.80. The summed E-state index contributed by atoms with van der Waals surface area (Å²) in [5, 5.41) is 9.19. The maximum atomic E-state index is 11.2. The number of carbonyl (C=O) groups excluding carboxylic acids is 1. The van der Waals surface area contributed by atoms with Crippen LogP contribution >= 0.6 is 0 Å². The highest BCUT2D eigenvalue weighted by molar-refractivity contribution is 5.88. The number of nitrogens with one attached hydrogen (secondary N) is 2. The highest BCUT2D eigenvalue weighted by atomic mass is 16.4. The fourth-order valence-electron chi connectivity index (χ4n) is 2.05. The van der Waals surface area contributed by atoms with Gasteiger partial charge in [-0.25, -0.2) is 15.0 Å². The standard InChI is InChI=1S/C14H14N6O2.C2H6/c1-7-5-15-11(19-9(3)21)4-10(7)14-18-8(2)12(22-14)13-16-6-17-20-13;1-2/h4-6H,1-3H3,(H,15,19,21)(H,16,17,20);1-2H3. The van der Waals surface area contributed by atoms with E-state index < -0.39 is 0 Å². The lowest BCUT2D eigenvalue weighted by Crippen LogP contribution is -2.07. The number of pyridine rings is 1. The van der Waals surface area contributed by atoms with Gasteiger partial charge in [0.1, 0.15) is 12.1 Å². The average molecular weight is 328 g/mol. The van der Waals surface area contributed by atoms with E-state index >= 15 is 0 Å². The van der Waals surface area contributed by atoms with Crippen molar-refractivity contribution in [3.05, 3.63) is 29.8 Å². The van der Waals surface area contributed by atoms with Gasteiger partial charge in [0.05, 0.1) is 5.69 Å². The fourth-order valence-corrected chi connectivity index (χ4v) is 2.05. The van der Waals surface area contributed by atoms with E-state index in [4.69, 9.17) is 4.42 Å². The van der Waals surface area contributed by atoms with Crippen molar-refractivity contribution in [2.45, 2.75) is 34.6 Å². The van der Waals surface area contributed by atoms with Crippen molar-refractivity contribution in [3.8, 4) is 23.0 Å². The van der Waals surface area contributed by atoms with Crippen LogP contribution in [0.4, 0.5) is 5.82 Å². The molecule has 0 bridgehead atoms. The van der Waals surface area contributed by atoms with Gasteiger partial charge in [0.15, 0.2) is 11.6 Å². The molecule has 3 aromatic rings. The molecule has 0 aliphatic rings. The first-order valence-electron chi connectivity index (χ1n) is 7.62. The van der Waals surface area contributed by atoms with Crippen molar-refractivity contribution >= 4 is 11.7 Å². The van der Waals surface area contributed by atoms with Gasteiger partial charge in [0.25, 0.3) is 0 Å². The summed E-state index contributed by atoms with van der Waals surface area (Å²) in [6, 6.07) is 1.73. The Labute approximate surface area is 139 Å². The topological polar surface area (TPSA) is 110 Å². The lowest BCUT2D eigenvalue weighted by molar-refractivity contribution is -0.114. The van der Waals surface area contributed by atoms with Crippen LogP contribution in [0.5, 0.6) is 0 Å². The van der Waals surface area contributed by atoms with E-state index in [2.05, 4.69) is 30.5 Å². The minimum absolute atomic E-state index is 0.187. The molecule has 126 valence electrons. The number of hydrogen-bond acceptors (Lipinski definition) is 6. The van der Waals surface area contributed by atoms with Gasteiger partial charge < -0.3 is 9.73 Å². The van der Waals surface area contributed by atoms with Crippen molar-refractivity contribution in [1.29, 1.82) is 0 Å². The van der Waals surface area contributed by atoms with Crippen LogP contribution in [0.1, 0.15) is 32.0 Å². The van der Waals surface area contributed by atoms with Crippen molar-refractivity contribution in [1.82, 2.24) is 25.1 Å². The van der Waals surface area contributed by atoms with Crippen LogP contribution in [0, 0.1) is 13.8 Å². The van der Waals surface area contributed by atoms with Gasteiger partial charge in [-0.15, -0.1) is 0 Å². The Morgan fingerprint density at radius 2 is 2.00 bits per heavy atom. The number of aryl methyl sites for hydroxylation is 2. The normalized spacial score (nSPS) is 10.0. The zero-order valence-corrected chi connectivity index (χ0v) is 14.3. The van der Waals surface area contributed by atoms with Gasteiger partial charge in [-0.3, -0.25) is 9.89 Å². The molecule has 8 nitrogen and oxygen atoms in total. The Bertz CT molecular complexity index is 823. The molecule has 3 aromatic heterocycles. The SMILES string of the molecule is CC.CC(=O)Nc1cc(-c2nc(C)c(-c3ncn[nH]3)o2)c(C)cn1. The lowest BCUT2D eigenvalue weighted by Gasteiger charge is -2.05. The highest BCUT2D eigenvalue weighted by Gasteiger charge is 2.17. The first-order valence-corrected chi connectivity index (χ1v) is 7.62. The number of aromatic nitrogens is 5. The Hall–Kier alpha value is -3.03. The third-order valence-electron chi connectivity index (χ3n) is 3.06.